The molecule has 0 N–H and O–H groups in total. The van der Waals surface area contributed by atoms with Crippen molar-refractivity contribution in [2.75, 3.05) is 19.7 Å². The fraction of sp³-hybridized carbons (Fsp3) is 0.421. The third kappa shape index (κ3) is 4.77. The second-order valence-corrected chi connectivity index (χ2v) is 6.74. The molecule has 1 unspecified atom stereocenters. The number of rotatable bonds is 4. The molecule has 1 aromatic heterocycles. The topological polar surface area (TPSA) is 55.3 Å². The van der Waals surface area contributed by atoms with E-state index in [1.165, 1.54) is 0 Å². The maximum Gasteiger partial charge on any atom is 0.223 e. The molecule has 2 aromatic rings. The van der Waals surface area contributed by atoms with Crippen molar-refractivity contribution in [3.05, 3.63) is 58.1 Å². The molecule has 1 saturated heterocycles. The van der Waals surface area contributed by atoms with Gasteiger partial charge in [-0.05, 0) is 44.0 Å². The van der Waals surface area contributed by atoms with Gasteiger partial charge in [0.05, 0.1) is 18.8 Å². The molecule has 1 aliphatic rings. The number of morpholine rings is 1. The molecular weight excluding hydrogens is 338 g/mol. The summed E-state index contributed by atoms with van der Waals surface area (Å²) in [6.07, 6.45) is 1.01. The van der Waals surface area contributed by atoms with E-state index in [2.05, 4.69) is 9.97 Å². The maximum atomic E-state index is 12.6. The van der Waals surface area contributed by atoms with Gasteiger partial charge < -0.3 is 9.64 Å². The number of nitrogens with zero attached hydrogens (tertiary/aromatic N) is 3. The van der Waals surface area contributed by atoms with Crippen LogP contribution in [0.15, 0.2) is 30.3 Å². The molecule has 0 radical (unpaired) electrons. The highest BCUT2D eigenvalue weighted by Crippen LogP contribution is 2.22. The fourth-order valence-corrected chi connectivity index (χ4v) is 3.15. The van der Waals surface area contributed by atoms with Crippen molar-refractivity contribution in [2.45, 2.75) is 32.8 Å². The van der Waals surface area contributed by atoms with Crippen molar-refractivity contribution in [3.8, 4) is 0 Å². The molecular formula is C19H22ClN3O2. The summed E-state index contributed by atoms with van der Waals surface area (Å²) in [4.78, 5) is 23.2. The second kappa shape index (κ2) is 7.93. The van der Waals surface area contributed by atoms with Crippen LogP contribution in [0.5, 0.6) is 0 Å². The number of aromatic nitrogens is 2. The minimum absolute atomic E-state index is 0.144. The Morgan fingerprint density at radius 3 is 2.76 bits per heavy atom. The molecule has 3 rings (SSSR count). The maximum absolute atomic E-state index is 12.6. The Hall–Kier alpha value is -1.98. The van der Waals surface area contributed by atoms with Gasteiger partial charge in [0.15, 0.2) is 0 Å². The highest BCUT2D eigenvalue weighted by molar-refractivity contribution is 6.30. The van der Waals surface area contributed by atoms with Crippen LogP contribution in [-0.4, -0.2) is 40.5 Å². The summed E-state index contributed by atoms with van der Waals surface area (Å²) < 4.78 is 5.83. The van der Waals surface area contributed by atoms with Gasteiger partial charge in [-0.25, -0.2) is 9.97 Å². The molecule has 1 aromatic carbocycles. The van der Waals surface area contributed by atoms with Gasteiger partial charge in [-0.15, -0.1) is 0 Å². The molecule has 5 nitrogen and oxygen atoms in total. The van der Waals surface area contributed by atoms with Crippen LogP contribution in [0.3, 0.4) is 0 Å². The monoisotopic (exact) mass is 359 g/mol. The Kier molecular flexibility index (Phi) is 5.66. The average Bonchev–Trinajstić information content (AvgIpc) is 2.60. The summed E-state index contributed by atoms with van der Waals surface area (Å²) in [5.74, 6) is 0.871. The minimum atomic E-state index is -0.186. The predicted molar refractivity (Wildman–Crippen MR) is 96.6 cm³/mol. The van der Waals surface area contributed by atoms with Crippen molar-refractivity contribution in [2.24, 2.45) is 0 Å². The number of aryl methyl sites for hydroxylation is 3. The molecule has 0 aliphatic carbocycles. The van der Waals surface area contributed by atoms with Crippen molar-refractivity contribution >= 4 is 17.5 Å². The van der Waals surface area contributed by atoms with Crippen molar-refractivity contribution < 1.29 is 9.53 Å². The molecule has 6 heteroatoms. The van der Waals surface area contributed by atoms with Crippen LogP contribution >= 0.6 is 11.6 Å². The van der Waals surface area contributed by atoms with Crippen LogP contribution in [0.4, 0.5) is 0 Å². The largest absolute Gasteiger partial charge is 0.368 e. The number of halogens is 1. The summed E-state index contributed by atoms with van der Waals surface area (Å²) in [7, 11) is 0. The first-order chi connectivity index (χ1) is 12.0. The lowest BCUT2D eigenvalue weighted by Crippen LogP contribution is -2.42. The van der Waals surface area contributed by atoms with Crippen LogP contribution in [-0.2, 0) is 16.0 Å². The standard InChI is InChI=1S/C19H22ClN3O2/c1-13-11-17(22-14(2)21-13)18-12-23(9-10-25-18)19(24)8-5-15-3-6-16(20)7-4-15/h3-4,6-7,11,18H,5,8-10,12H2,1-2H3. The van der Waals surface area contributed by atoms with E-state index >= 15 is 0 Å². The van der Waals surface area contributed by atoms with E-state index in [0.717, 1.165) is 22.8 Å². The van der Waals surface area contributed by atoms with Gasteiger partial charge in [0.1, 0.15) is 11.9 Å². The highest BCUT2D eigenvalue weighted by atomic mass is 35.5. The lowest BCUT2D eigenvalue weighted by Gasteiger charge is -2.33. The summed E-state index contributed by atoms with van der Waals surface area (Å²) in [5, 5.41) is 0.710. The lowest BCUT2D eigenvalue weighted by atomic mass is 10.1. The van der Waals surface area contributed by atoms with Gasteiger partial charge in [-0.3, -0.25) is 4.79 Å². The summed E-state index contributed by atoms with van der Waals surface area (Å²) >= 11 is 5.89. The molecule has 0 bridgehead atoms. The number of hydrogen-bond donors (Lipinski definition) is 0. The molecule has 132 valence electrons. The Morgan fingerprint density at radius 1 is 1.28 bits per heavy atom. The van der Waals surface area contributed by atoms with E-state index in [1.54, 1.807) is 0 Å². The molecule has 1 atom stereocenters. The van der Waals surface area contributed by atoms with Crippen LogP contribution in [0, 0.1) is 13.8 Å². The van der Waals surface area contributed by atoms with Gasteiger partial charge >= 0.3 is 0 Å². The highest BCUT2D eigenvalue weighted by Gasteiger charge is 2.26. The van der Waals surface area contributed by atoms with E-state index in [1.807, 2.05) is 49.1 Å². The molecule has 1 fully saturated rings. The molecule has 1 aliphatic heterocycles. The van der Waals surface area contributed by atoms with E-state index in [0.29, 0.717) is 37.6 Å². The summed E-state index contributed by atoms with van der Waals surface area (Å²) in [6, 6.07) is 9.56. The van der Waals surface area contributed by atoms with E-state index in [-0.39, 0.29) is 12.0 Å². The molecule has 0 saturated carbocycles. The number of hydrogen-bond acceptors (Lipinski definition) is 4. The molecule has 25 heavy (non-hydrogen) atoms. The molecule has 0 spiro atoms. The van der Waals surface area contributed by atoms with E-state index in [4.69, 9.17) is 16.3 Å². The summed E-state index contributed by atoms with van der Waals surface area (Å²) in [5.41, 5.74) is 2.88. The number of carbonyl (C=O) groups is 1. The van der Waals surface area contributed by atoms with Gasteiger partial charge in [-0.1, -0.05) is 23.7 Å². The molecule has 2 heterocycles. The van der Waals surface area contributed by atoms with Crippen LogP contribution in [0.1, 0.15) is 35.3 Å². The van der Waals surface area contributed by atoms with E-state index < -0.39 is 0 Å². The third-order valence-electron chi connectivity index (χ3n) is 4.28. The van der Waals surface area contributed by atoms with Crippen LogP contribution in [0.25, 0.3) is 0 Å². The molecule has 1 amide bonds. The first kappa shape index (κ1) is 17.8. The second-order valence-electron chi connectivity index (χ2n) is 6.31. The van der Waals surface area contributed by atoms with Crippen molar-refractivity contribution in [1.29, 1.82) is 0 Å². The fourth-order valence-electron chi connectivity index (χ4n) is 3.03. The number of benzene rings is 1. The SMILES string of the molecule is Cc1cc(C2CN(C(=O)CCc3ccc(Cl)cc3)CCO2)nc(C)n1. The van der Waals surface area contributed by atoms with Crippen LogP contribution in [0.2, 0.25) is 5.02 Å². The zero-order chi connectivity index (χ0) is 17.8. The first-order valence-electron chi connectivity index (χ1n) is 8.47. The smallest absolute Gasteiger partial charge is 0.223 e. The van der Waals surface area contributed by atoms with Gasteiger partial charge in [0, 0.05) is 23.7 Å². The van der Waals surface area contributed by atoms with Crippen LogP contribution < -0.4 is 0 Å². The third-order valence-corrected chi connectivity index (χ3v) is 4.53. The van der Waals surface area contributed by atoms with Gasteiger partial charge in [-0.2, -0.15) is 0 Å². The summed E-state index contributed by atoms with van der Waals surface area (Å²) in [6.45, 7) is 5.50. The van der Waals surface area contributed by atoms with Crippen molar-refractivity contribution in [3.63, 3.8) is 0 Å². The zero-order valence-electron chi connectivity index (χ0n) is 14.5. The first-order valence-corrected chi connectivity index (χ1v) is 8.85. The van der Waals surface area contributed by atoms with Crippen molar-refractivity contribution in [1.82, 2.24) is 14.9 Å². The van der Waals surface area contributed by atoms with Gasteiger partial charge in [0.25, 0.3) is 0 Å². The quantitative estimate of drug-likeness (QED) is 0.840. The zero-order valence-corrected chi connectivity index (χ0v) is 15.3. The Morgan fingerprint density at radius 2 is 2.04 bits per heavy atom. The number of carbonyl (C=O) groups excluding carboxylic acids is 1. The van der Waals surface area contributed by atoms with Gasteiger partial charge in [0.2, 0.25) is 5.91 Å². The predicted octanol–water partition coefficient (Wildman–Crippen LogP) is 3.28. The lowest BCUT2D eigenvalue weighted by molar-refractivity contribution is -0.139. The minimum Gasteiger partial charge on any atom is -0.368 e. The Balaban J connectivity index is 1.60. The number of ether oxygens (including phenoxy) is 1. The Bertz CT molecular complexity index is 729. The Labute approximate surface area is 153 Å². The average molecular weight is 360 g/mol. The normalized spacial score (nSPS) is 17.6. The van der Waals surface area contributed by atoms with E-state index in [9.17, 15) is 4.79 Å². The number of amides is 1.